The summed E-state index contributed by atoms with van der Waals surface area (Å²) in [6.45, 7) is 2.69. The van der Waals surface area contributed by atoms with Gasteiger partial charge in [-0.1, -0.05) is 47.6 Å². The molecule has 1 amide bonds. The van der Waals surface area contributed by atoms with Crippen molar-refractivity contribution in [1.29, 1.82) is 0 Å². The highest BCUT2D eigenvalue weighted by atomic mass is 32.1. The van der Waals surface area contributed by atoms with E-state index in [1.807, 2.05) is 43.3 Å². The van der Waals surface area contributed by atoms with Crippen LogP contribution in [0.2, 0.25) is 0 Å². The van der Waals surface area contributed by atoms with E-state index < -0.39 is 5.97 Å². The van der Waals surface area contributed by atoms with Crippen molar-refractivity contribution >= 4 is 33.4 Å². The third kappa shape index (κ3) is 4.92. The molecule has 27 heavy (non-hydrogen) atoms. The zero-order valence-corrected chi connectivity index (χ0v) is 16.0. The Balaban J connectivity index is 1.86. The van der Waals surface area contributed by atoms with Crippen molar-refractivity contribution in [3.63, 3.8) is 0 Å². The van der Waals surface area contributed by atoms with Gasteiger partial charge in [-0.2, -0.15) is 4.99 Å². The standard InChI is InChI=1S/C21H22N2O3S/c1-15-10-12-16(13-11-15)20(26)22-21-23(14-6-2-3-9-19(24)25)17-7-4-5-8-18(17)27-21/h4-5,7-8,10-13H,2-3,6,9,14H2,1H3,(H,24,25). The summed E-state index contributed by atoms with van der Waals surface area (Å²) in [5.74, 6) is -1.01. The maximum atomic E-state index is 12.6. The smallest absolute Gasteiger partial charge is 0.303 e. The van der Waals surface area contributed by atoms with Crippen LogP contribution in [-0.4, -0.2) is 21.6 Å². The Morgan fingerprint density at radius 3 is 2.52 bits per heavy atom. The number of aryl methyl sites for hydroxylation is 2. The van der Waals surface area contributed by atoms with Gasteiger partial charge in [-0.05, 0) is 44.0 Å². The molecule has 0 aliphatic rings. The van der Waals surface area contributed by atoms with Crippen LogP contribution in [0.4, 0.5) is 0 Å². The average molecular weight is 382 g/mol. The Morgan fingerprint density at radius 1 is 1.04 bits per heavy atom. The van der Waals surface area contributed by atoms with Crippen LogP contribution in [-0.2, 0) is 11.3 Å². The molecule has 6 heteroatoms. The number of fused-ring (bicyclic) bond motifs is 1. The van der Waals surface area contributed by atoms with Crippen molar-refractivity contribution < 1.29 is 14.7 Å². The van der Waals surface area contributed by atoms with Gasteiger partial charge < -0.3 is 9.67 Å². The summed E-state index contributed by atoms with van der Waals surface area (Å²) >= 11 is 1.50. The SMILES string of the molecule is Cc1ccc(C(=O)N=c2sc3ccccc3n2CCCCCC(=O)O)cc1. The van der Waals surface area contributed by atoms with Crippen molar-refractivity contribution in [2.45, 2.75) is 39.2 Å². The molecule has 5 nitrogen and oxygen atoms in total. The number of nitrogens with zero attached hydrogens (tertiary/aromatic N) is 2. The first-order valence-electron chi connectivity index (χ1n) is 9.00. The molecule has 140 valence electrons. The fraction of sp³-hybridized carbons (Fsp3) is 0.286. The predicted octanol–water partition coefficient (Wildman–Crippen LogP) is 4.40. The van der Waals surface area contributed by atoms with Gasteiger partial charge in [0.1, 0.15) is 0 Å². The van der Waals surface area contributed by atoms with E-state index in [0.29, 0.717) is 23.3 Å². The van der Waals surface area contributed by atoms with Crippen LogP contribution in [0.1, 0.15) is 41.6 Å². The monoisotopic (exact) mass is 382 g/mol. The number of carbonyl (C=O) groups is 2. The quantitative estimate of drug-likeness (QED) is 0.616. The Bertz CT molecular complexity index is 1020. The minimum Gasteiger partial charge on any atom is -0.481 e. The fourth-order valence-corrected chi connectivity index (χ4v) is 3.95. The molecule has 0 saturated heterocycles. The third-order valence-corrected chi connectivity index (χ3v) is 5.42. The highest BCUT2D eigenvalue weighted by Crippen LogP contribution is 2.18. The molecule has 0 fully saturated rings. The second-order valence-electron chi connectivity index (χ2n) is 6.49. The van der Waals surface area contributed by atoms with Gasteiger partial charge >= 0.3 is 5.97 Å². The number of carboxylic acid groups (broad SMARTS) is 1. The number of amides is 1. The molecule has 0 atom stereocenters. The molecule has 1 aromatic heterocycles. The van der Waals surface area contributed by atoms with E-state index in [1.54, 1.807) is 12.1 Å². The predicted molar refractivity (Wildman–Crippen MR) is 107 cm³/mol. The molecule has 0 spiro atoms. The van der Waals surface area contributed by atoms with E-state index in [-0.39, 0.29) is 12.3 Å². The van der Waals surface area contributed by atoms with Crippen LogP contribution in [0.3, 0.4) is 0 Å². The summed E-state index contributed by atoms with van der Waals surface area (Å²) < 4.78 is 3.14. The molecule has 3 aromatic rings. The van der Waals surface area contributed by atoms with Crippen molar-refractivity contribution in [2.24, 2.45) is 4.99 Å². The van der Waals surface area contributed by atoms with Crippen LogP contribution in [0.15, 0.2) is 53.5 Å². The number of aliphatic carboxylic acids is 1. The lowest BCUT2D eigenvalue weighted by Crippen LogP contribution is -2.17. The minimum atomic E-state index is -0.761. The Morgan fingerprint density at radius 2 is 1.78 bits per heavy atom. The summed E-state index contributed by atoms with van der Waals surface area (Å²) in [5, 5.41) is 8.75. The van der Waals surface area contributed by atoms with Crippen molar-refractivity contribution in [1.82, 2.24) is 4.57 Å². The van der Waals surface area contributed by atoms with Gasteiger partial charge in [-0.25, -0.2) is 0 Å². The molecule has 0 unspecified atom stereocenters. The first-order valence-corrected chi connectivity index (χ1v) is 9.82. The fourth-order valence-electron chi connectivity index (χ4n) is 2.89. The number of carbonyl (C=O) groups excluding carboxylic acids is 1. The van der Waals surface area contributed by atoms with Gasteiger partial charge in [0.15, 0.2) is 4.80 Å². The van der Waals surface area contributed by atoms with Crippen LogP contribution < -0.4 is 4.80 Å². The van der Waals surface area contributed by atoms with E-state index >= 15 is 0 Å². The zero-order chi connectivity index (χ0) is 19.2. The Hall–Kier alpha value is -2.73. The topological polar surface area (TPSA) is 71.7 Å². The van der Waals surface area contributed by atoms with Gasteiger partial charge in [-0.3, -0.25) is 9.59 Å². The number of para-hydroxylation sites is 1. The maximum Gasteiger partial charge on any atom is 0.303 e. The Labute approximate surface area is 161 Å². The van der Waals surface area contributed by atoms with Gasteiger partial charge in [0, 0.05) is 18.5 Å². The van der Waals surface area contributed by atoms with Crippen molar-refractivity contribution in [2.75, 3.05) is 0 Å². The summed E-state index contributed by atoms with van der Waals surface area (Å²) in [5.41, 5.74) is 2.73. The molecule has 1 heterocycles. The summed E-state index contributed by atoms with van der Waals surface area (Å²) in [7, 11) is 0. The molecule has 0 aliphatic carbocycles. The number of hydrogen-bond donors (Lipinski definition) is 1. The number of thiazole rings is 1. The van der Waals surface area contributed by atoms with E-state index in [0.717, 1.165) is 28.6 Å². The van der Waals surface area contributed by atoms with E-state index in [1.165, 1.54) is 11.3 Å². The maximum absolute atomic E-state index is 12.6. The minimum absolute atomic E-state index is 0.193. The van der Waals surface area contributed by atoms with Crippen molar-refractivity contribution in [3.05, 3.63) is 64.5 Å². The van der Waals surface area contributed by atoms with E-state index in [9.17, 15) is 9.59 Å². The largest absolute Gasteiger partial charge is 0.481 e. The molecule has 2 aromatic carbocycles. The second-order valence-corrected chi connectivity index (χ2v) is 7.50. The number of carboxylic acids is 1. The summed E-state index contributed by atoms with van der Waals surface area (Å²) in [6, 6.07) is 15.4. The molecule has 1 N–H and O–H groups in total. The van der Waals surface area contributed by atoms with E-state index in [2.05, 4.69) is 9.56 Å². The lowest BCUT2D eigenvalue weighted by Gasteiger charge is -2.05. The average Bonchev–Trinajstić information content (AvgIpc) is 2.99. The second kappa shape index (κ2) is 8.77. The third-order valence-electron chi connectivity index (χ3n) is 4.36. The lowest BCUT2D eigenvalue weighted by atomic mass is 10.1. The van der Waals surface area contributed by atoms with Gasteiger partial charge in [0.2, 0.25) is 0 Å². The van der Waals surface area contributed by atoms with Crippen LogP contribution in [0, 0.1) is 6.92 Å². The number of unbranched alkanes of at least 4 members (excludes halogenated alkanes) is 2. The zero-order valence-electron chi connectivity index (χ0n) is 15.2. The molecule has 0 bridgehead atoms. The molecule has 0 radical (unpaired) electrons. The van der Waals surface area contributed by atoms with E-state index in [4.69, 9.17) is 5.11 Å². The first-order chi connectivity index (χ1) is 13.0. The summed E-state index contributed by atoms with van der Waals surface area (Å²) in [6.07, 6.45) is 2.53. The van der Waals surface area contributed by atoms with Gasteiger partial charge in [0.05, 0.1) is 10.2 Å². The molecule has 0 aliphatic heterocycles. The molecular formula is C21H22N2O3S. The van der Waals surface area contributed by atoms with Gasteiger partial charge in [0.25, 0.3) is 5.91 Å². The molecular weight excluding hydrogens is 360 g/mol. The highest BCUT2D eigenvalue weighted by molar-refractivity contribution is 7.16. The highest BCUT2D eigenvalue weighted by Gasteiger charge is 2.09. The number of rotatable bonds is 7. The number of benzene rings is 2. The van der Waals surface area contributed by atoms with Crippen LogP contribution in [0.5, 0.6) is 0 Å². The number of hydrogen-bond acceptors (Lipinski definition) is 3. The van der Waals surface area contributed by atoms with Gasteiger partial charge in [-0.15, -0.1) is 0 Å². The van der Waals surface area contributed by atoms with Crippen LogP contribution >= 0.6 is 11.3 Å². The summed E-state index contributed by atoms with van der Waals surface area (Å²) in [4.78, 5) is 28.3. The Kier molecular flexibility index (Phi) is 6.19. The first kappa shape index (κ1) is 19.0. The van der Waals surface area contributed by atoms with Crippen LogP contribution in [0.25, 0.3) is 10.2 Å². The molecule has 3 rings (SSSR count). The number of aromatic nitrogens is 1. The van der Waals surface area contributed by atoms with Crippen molar-refractivity contribution in [3.8, 4) is 0 Å². The molecule has 0 saturated carbocycles. The lowest BCUT2D eigenvalue weighted by molar-refractivity contribution is -0.137. The normalized spacial score (nSPS) is 11.8.